The Morgan fingerprint density at radius 2 is 1.95 bits per heavy atom. The number of carbonyl (C=O) groups excluding carboxylic acids is 1. The fourth-order valence-corrected chi connectivity index (χ4v) is 3.00. The summed E-state index contributed by atoms with van der Waals surface area (Å²) in [4.78, 5) is 10.9. The van der Waals surface area contributed by atoms with Crippen molar-refractivity contribution >= 4 is 16.3 Å². The zero-order valence-corrected chi connectivity index (χ0v) is 11.8. The third kappa shape index (κ3) is 3.34. The first-order chi connectivity index (χ1) is 9.53. The number of aryl methyl sites for hydroxylation is 1. The van der Waals surface area contributed by atoms with Crippen LogP contribution in [0.3, 0.4) is 0 Å². The highest BCUT2D eigenvalue weighted by atomic mass is 32.2. The van der Waals surface area contributed by atoms with Gasteiger partial charge >= 0.3 is 0 Å². The Hall–Kier alpha value is -1.92. The van der Waals surface area contributed by atoms with Crippen molar-refractivity contribution in [2.24, 2.45) is 0 Å². The molecule has 0 aliphatic rings. The molecule has 1 heterocycles. The lowest BCUT2D eigenvalue weighted by Gasteiger charge is -2.14. The predicted molar refractivity (Wildman–Crippen MR) is 73.6 cm³/mol. The number of sulfonamides is 1. The molecule has 1 aromatic heterocycles. The van der Waals surface area contributed by atoms with E-state index in [0.717, 1.165) is 5.56 Å². The van der Waals surface area contributed by atoms with Gasteiger partial charge < -0.3 is 9.21 Å². The summed E-state index contributed by atoms with van der Waals surface area (Å²) < 4.78 is 32.2. The normalized spacial score (nSPS) is 13.1. The first-order valence-corrected chi connectivity index (χ1v) is 7.57. The van der Waals surface area contributed by atoms with E-state index in [2.05, 4.69) is 4.72 Å². The minimum absolute atomic E-state index is 0.0125. The molecule has 1 aromatic carbocycles. The SMILES string of the molecule is Cc1ccc(S(=O)(=O)NC(CC=O)c2ccco2)cc1. The van der Waals surface area contributed by atoms with Crippen LogP contribution in [0, 0.1) is 6.92 Å². The Kier molecular flexibility index (Phi) is 4.36. The molecule has 2 aromatic rings. The van der Waals surface area contributed by atoms with E-state index in [0.29, 0.717) is 12.0 Å². The summed E-state index contributed by atoms with van der Waals surface area (Å²) in [6, 6.07) is 9.06. The molecule has 1 atom stereocenters. The fraction of sp³-hybridized carbons (Fsp3) is 0.214. The van der Waals surface area contributed by atoms with Crippen LogP contribution in [0.15, 0.2) is 52.0 Å². The van der Waals surface area contributed by atoms with E-state index in [1.54, 1.807) is 24.3 Å². The maximum absolute atomic E-state index is 12.3. The van der Waals surface area contributed by atoms with E-state index in [9.17, 15) is 13.2 Å². The second-order valence-corrected chi connectivity index (χ2v) is 6.12. The quantitative estimate of drug-likeness (QED) is 0.828. The molecule has 0 spiro atoms. The van der Waals surface area contributed by atoms with Crippen molar-refractivity contribution < 1.29 is 17.6 Å². The maximum atomic E-state index is 12.3. The number of furan rings is 1. The second-order valence-electron chi connectivity index (χ2n) is 4.40. The third-order valence-electron chi connectivity index (χ3n) is 2.85. The summed E-state index contributed by atoms with van der Waals surface area (Å²) in [5, 5.41) is 0. The van der Waals surface area contributed by atoms with Gasteiger partial charge in [0, 0.05) is 6.42 Å². The minimum atomic E-state index is -3.69. The van der Waals surface area contributed by atoms with Gasteiger partial charge in [0.25, 0.3) is 0 Å². The van der Waals surface area contributed by atoms with Crippen LogP contribution in [0.25, 0.3) is 0 Å². The molecule has 0 fully saturated rings. The Morgan fingerprint density at radius 3 is 2.50 bits per heavy atom. The molecule has 0 saturated heterocycles. The monoisotopic (exact) mass is 293 g/mol. The topological polar surface area (TPSA) is 76.4 Å². The summed E-state index contributed by atoms with van der Waals surface area (Å²) in [7, 11) is -3.69. The largest absolute Gasteiger partial charge is 0.468 e. The number of nitrogens with one attached hydrogen (secondary N) is 1. The first-order valence-electron chi connectivity index (χ1n) is 6.09. The number of carbonyl (C=O) groups is 1. The molecule has 2 rings (SSSR count). The smallest absolute Gasteiger partial charge is 0.241 e. The summed E-state index contributed by atoms with van der Waals surface area (Å²) in [6.45, 7) is 1.88. The van der Waals surface area contributed by atoms with E-state index in [4.69, 9.17) is 4.42 Å². The molecule has 106 valence electrons. The molecule has 5 nitrogen and oxygen atoms in total. The highest BCUT2D eigenvalue weighted by Gasteiger charge is 2.22. The number of aldehydes is 1. The maximum Gasteiger partial charge on any atom is 0.241 e. The van der Waals surface area contributed by atoms with Crippen molar-refractivity contribution in [2.45, 2.75) is 24.3 Å². The predicted octanol–water partition coefficient (Wildman–Crippen LogP) is 2.20. The Labute approximate surface area is 117 Å². The van der Waals surface area contributed by atoms with Gasteiger partial charge in [-0.25, -0.2) is 13.1 Å². The van der Waals surface area contributed by atoms with Gasteiger partial charge in [-0.1, -0.05) is 17.7 Å². The molecule has 0 bridgehead atoms. The summed E-state index contributed by atoms with van der Waals surface area (Å²) in [5.41, 5.74) is 0.972. The van der Waals surface area contributed by atoms with Crippen LogP contribution in [0.5, 0.6) is 0 Å². The van der Waals surface area contributed by atoms with Gasteiger partial charge in [0.15, 0.2) is 0 Å². The van der Waals surface area contributed by atoms with E-state index < -0.39 is 16.1 Å². The number of benzene rings is 1. The number of rotatable bonds is 6. The van der Waals surface area contributed by atoms with Gasteiger partial charge in [0.2, 0.25) is 10.0 Å². The van der Waals surface area contributed by atoms with Crippen molar-refractivity contribution in [1.82, 2.24) is 4.72 Å². The highest BCUT2D eigenvalue weighted by molar-refractivity contribution is 7.89. The van der Waals surface area contributed by atoms with E-state index in [1.165, 1.54) is 18.4 Å². The van der Waals surface area contributed by atoms with E-state index in [1.807, 2.05) is 6.92 Å². The standard InChI is InChI=1S/C14H15NO4S/c1-11-4-6-12(7-5-11)20(17,18)15-13(8-9-16)14-3-2-10-19-14/h2-7,9-10,13,15H,8H2,1H3. The van der Waals surface area contributed by atoms with Crippen LogP contribution in [-0.4, -0.2) is 14.7 Å². The zero-order valence-electron chi connectivity index (χ0n) is 10.9. The van der Waals surface area contributed by atoms with Crippen LogP contribution in [0.2, 0.25) is 0 Å². The summed E-state index contributed by atoms with van der Waals surface area (Å²) in [6.07, 6.45) is 2.11. The minimum Gasteiger partial charge on any atom is -0.468 e. The Balaban J connectivity index is 2.25. The average molecular weight is 293 g/mol. The lowest BCUT2D eigenvalue weighted by atomic mass is 10.2. The second kappa shape index (κ2) is 6.02. The number of hydrogen-bond acceptors (Lipinski definition) is 4. The summed E-state index contributed by atoms with van der Waals surface area (Å²) in [5.74, 6) is 0.410. The van der Waals surface area contributed by atoms with Gasteiger partial charge in [-0.15, -0.1) is 0 Å². The first kappa shape index (κ1) is 14.5. The van der Waals surface area contributed by atoms with E-state index in [-0.39, 0.29) is 11.3 Å². The van der Waals surface area contributed by atoms with Crippen molar-refractivity contribution in [1.29, 1.82) is 0 Å². The molecular formula is C14H15NO4S. The molecular weight excluding hydrogens is 278 g/mol. The van der Waals surface area contributed by atoms with Crippen LogP contribution >= 0.6 is 0 Å². The summed E-state index contributed by atoms with van der Waals surface area (Å²) >= 11 is 0. The van der Waals surface area contributed by atoms with Crippen molar-refractivity contribution in [3.8, 4) is 0 Å². The van der Waals surface area contributed by atoms with Crippen LogP contribution in [0.4, 0.5) is 0 Å². The third-order valence-corrected chi connectivity index (χ3v) is 4.33. The lowest BCUT2D eigenvalue weighted by Crippen LogP contribution is -2.28. The molecule has 0 radical (unpaired) electrons. The molecule has 6 heteroatoms. The average Bonchev–Trinajstić information content (AvgIpc) is 2.92. The molecule has 0 saturated carbocycles. The van der Waals surface area contributed by atoms with Gasteiger partial charge in [-0.2, -0.15) is 0 Å². The molecule has 0 amide bonds. The molecule has 1 N–H and O–H groups in total. The van der Waals surface area contributed by atoms with Crippen molar-refractivity contribution in [3.05, 3.63) is 54.0 Å². The van der Waals surface area contributed by atoms with Crippen LogP contribution in [-0.2, 0) is 14.8 Å². The number of hydrogen-bond donors (Lipinski definition) is 1. The van der Waals surface area contributed by atoms with Gasteiger partial charge in [0.05, 0.1) is 17.2 Å². The zero-order chi connectivity index (χ0) is 14.6. The molecule has 0 aliphatic heterocycles. The Morgan fingerprint density at radius 1 is 1.25 bits per heavy atom. The van der Waals surface area contributed by atoms with Crippen molar-refractivity contribution in [2.75, 3.05) is 0 Å². The van der Waals surface area contributed by atoms with Gasteiger partial charge in [0.1, 0.15) is 12.0 Å². The molecule has 20 heavy (non-hydrogen) atoms. The highest BCUT2D eigenvalue weighted by Crippen LogP contribution is 2.20. The van der Waals surface area contributed by atoms with Gasteiger partial charge in [-0.3, -0.25) is 0 Å². The van der Waals surface area contributed by atoms with Crippen molar-refractivity contribution in [3.63, 3.8) is 0 Å². The van der Waals surface area contributed by atoms with Crippen LogP contribution in [0.1, 0.15) is 23.8 Å². The molecule has 0 aliphatic carbocycles. The molecule has 1 unspecified atom stereocenters. The van der Waals surface area contributed by atoms with E-state index >= 15 is 0 Å². The Bertz CT molecular complexity index is 660. The van der Waals surface area contributed by atoms with Crippen LogP contribution < -0.4 is 4.72 Å². The fourth-order valence-electron chi connectivity index (χ4n) is 1.78. The lowest BCUT2D eigenvalue weighted by molar-refractivity contribution is -0.108. The van der Waals surface area contributed by atoms with Gasteiger partial charge in [-0.05, 0) is 31.2 Å².